The van der Waals surface area contributed by atoms with Crippen molar-refractivity contribution in [2.75, 3.05) is 0 Å². The summed E-state index contributed by atoms with van der Waals surface area (Å²) in [4.78, 5) is 0. The zero-order valence-electron chi connectivity index (χ0n) is 7.81. The van der Waals surface area contributed by atoms with Crippen LogP contribution in [0.4, 0.5) is 0 Å². The molecule has 0 aliphatic heterocycles. The van der Waals surface area contributed by atoms with Crippen LogP contribution < -0.4 is 0 Å². The first-order valence-corrected chi connectivity index (χ1v) is 5.22. The van der Waals surface area contributed by atoms with Gasteiger partial charge >= 0.3 is 0 Å². The van der Waals surface area contributed by atoms with Gasteiger partial charge in [-0.05, 0) is 50.9 Å². The lowest BCUT2D eigenvalue weighted by Crippen LogP contribution is -1.96. The van der Waals surface area contributed by atoms with E-state index in [0.717, 1.165) is 5.92 Å². The molecule has 0 aromatic carbocycles. The van der Waals surface area contributed by atoms with Crippen molar-refractivity contribution in [1.29, 1.82) is 0 Å². The highest BCUT2D eigenvalue weighted by atomic mass is 14.3. The topological polar surface area (TPSA) is 0 Å². The molecular weight excluding hydrogens is 144 g/mol. The number of hydrogen-bond acceptors (Lipinski definition) is 0. The number of allylic oxidation sites excluding steroid dienone is 3. The SMILES string of the molecule is C=C1CCCC1CC1=CCCC1. The second-order valence-electron chi connectivity index (χ2n) is 4.21. The molecule has 1 atom stereocenters. The van der Waals surface area contributed by atoms with Crippen molar-refractivity contribution in [3.63, 3.8) is 0 Å². The normalized spacial score (nSPS) is 29.5. The highest BCUT2D eigenvalue weighted by Crippen LogP contribution is 2.36. The predicted octanol–water partition coefficient (Wildman–Crippen LogP) is 3.84. The van der Waals surface area contributed by atoms with E-state index in [0.29, 0.717) is 0 Å². The number of rotatable bonds is 2. The fraction of sp³-hybridized carbons (Fsp3) is 0.667. The van der Waals surface area contributed by atoms with Gasteiger partial charge < -0.3 is 0 Å². The first-order chi connectivity index (χ1) is 5.86. The van der Waals surface area contributed by atoms with Crippen LogP contribution in [-0.4, -0.2) is 0 Å². The van der Waals surface area contributed by atoms with E-state index in [4.69, 9.17) is 0 Å². The Kier molecular flexibility index (Phi) is 2.34. The molecule has 0 heteroatoms. The third-order valence-electron chi connectivity index (χ3n) is 3.27. The van der Waals surface area contributed by atoms with E-state index in [9.17, 15) is 0 Å². The molecule has 1 saturated carbocycles. The monoisotopic (exact) mass is 162 g/mol. The average molecular weight is 162 g/mol. The summed E-state index contributed by atoms with van der Waals surface area (Å²) in [5, 5.41) is 0. The Balaban J connectivity index is 1.89. The molecule has 0 heterocycles. The molecule has 12 heavy (non-hydrogen) atoms. The van der Waals surface area contributed by atoms with Gasteiger partial charge in [0.15, 0.2) is 0 Å². The molecule has 0 bridgehead atoms. The Hall–Kier alpha value is -0.520. The minimum atomic E-state index is 0.842. The summed E-state index contributed by atoms with van der Waals surface area (Å²) in [5.74, 6) is 0.842. The van der Waals surface area contributed by atoms with Crippen LogP contribution in [0.1, 0.15) is 44.9 Å². The van der Waals surface area contributed by atoms with E-state index in [1.165, 1.54) is 50.5 Å². The summed E-state index contributed by atoms with van der Waals surface area (Å²) in [7, 11) is 0. The van der Waals surface area contributed by atoms with Gasteiger partial charge in [0, 0.05) is 0 Å². The van der Waals surface area contributed by atoms with Gasteiger partial charge in [0.1, 0.15) is 0 Å². The molecule has 1 unspecified atom stereocenters. The van der Waals surface area contributed by atoms with Crippen molar-refractivity contribution in [1.82, 2.24) is 0 Å². The Morgan fingerprint density at radius 2 is 2.25 bits per heavy atom. The van der Waals surface area contributed by atoms with Gasteiger partial charge in [-0.2, -0.15) is 0 Å². The molecular formula is C12H18. The molecule has 0 saturated heterocycles. The molecule has 66 valence electrons. The Morgan fingerprint density at radius 3 is 2.83 bits per heavy atom. The first-order valence-electron chi connectivity index (χ1n) is 5.22. The maximum atomic E-state index is 4.15. The molecule has 0 amide bonds. The first kappa shape index (κ1) is 8.10. The summed E-state index contributed by atoms with van der Waals surface area (Å²) in [5.41, 5.74) is 3.23. The lowest BCUT2D eigenvalue weighted by molar-refractivity contribution is 0.612. The van der Waals surface area contributed by atoms with Crippen molar-refractivity contribution < 1.29 is 0 Å². The molecule has 2 aliphatic rings. The van der Waals surface area contributed by atoms with Crippen LogP contribution in [0, 0.1) is 5.92 Å². The van der Waals surface area contributed by atoms with Crippen molar-refractivity contribution >= 4 is 0 Å². The minimum Gasteiger partial charge on any atom is -0.0996 e. The third-order valence-corrected chi connectivity index (χ3v) is 3.27. The quantitative estimate of drug-likeness (QED) is 0.541. The van der Waals surface area contributed by atoms with Crippen molar-refractivity contribution in [3.8, 4) is 0 Å². The van der Waals surface area contributed by atoms with E-state index in [-0.39, 0.29) is 0 Å². The van der Waals surface area contributed by atoms with Gasteiger partial charge in [-0.1, -0.05) is 23.8 Å². The highest BCUT2D eigenvalue weighted by Gasteiger charge is 2.20. The van der Waals surface area contributed by atoms with Crippen LogP contribution in [0.5, 0.6) is 0 Å². The minimum absolute atomic E-state index is 0.842. The van der Waals surface area contributed by atoms with E-state index >= 15 is 0 Å². The standard InChI is InChI=1S/C12H18/c1-10-5-4-8-12(10)9-11-6-2-3-7-11/h6,12H,1-5,7-9H2. The zero-order chi connectivity index (χ0) is 8.39. The predicted molar refractivity (Wildman–Crippen MR) is 53.0 cm³/mol. The molecule has 0 radical (unpaired) electrons. The van der Waals surface area contributed by atoms with E-state index < -0.39 is 0 Å². The summed E-state index contributed by atoms with van der Waals surface area (Å²) >= 11 is 0. The summed E-state index contributed by atoms with van der Waals surface area (Å²) in [6, 6.07) is 0. The van der Waals surface area contributed by atoms with Crippen LogP contribution in [0.3, 0.4) is 0 Å². The molecule has 2 rings (SSSR count). The zero-order valence-corrected chi connectivity index (χ0v) is 7.81. The van der Waals surface area contributed by atoms with Crippen molar-refractivity contribution in [2.45, 2.75) is 44.9 Å². The Labute approximate surface area is 75.4 Å². The highest BCUT2D eigenvalue weighted by molar-refractivity contribution is 5.15. The van der Waals surface area contributed by atoms with Crippen molar-refractivity contribution in [3.05, 3.63) is 23.8 Å². The summed E-state index contributed by atoms with van der Waals surface area (Å²) < 4.78 is 0. The lowest BCUT2D eigenvalue weighted by atomic mass is 9.95. The van der Waals surface area contributed by atoms with Crippen molar-refractivity contribution in [2.24, 2.45) is 5.92 Å². The van der Waals surface area contributed by atoms with Gasteiger partial charge in [-0.15, -0.1) is 0 Å². The van der Waals surface area contributed by atoms with Gasteiger partial charge in [0.25, 0.3) is 0 Å². The van der Waals surface area contributed by atoms with Crippen LogP contribution >= 0.6 is 0 Å². The van der Waals surface area contributed by atoms with E-state index in [1.54, 1.807) is 5.57 Å². The molecule has 0 aromatic rings. The summed E-state index contributed by atoms with van der Waals surface area (Å²) in [6.07, 6.45) is 11.9. The lowest BCUT2D eigenvalue weighted by Gasteiger charge is -2.11. The maximum absolute atomic E-state index is 4.15. The molecule has 1 fully saturated rings. The Bertz CT molecular complexity index is 210. The van der Waals surface area contributed by atoms with E-state index in [1.807, 2.05) is 0 Å². The average Bonchev–Trinajstić information content (AvgIpc) is 2.65. The van der Waals surface area contributed by atoms with Crippen LogP contribution in [0.25, 0.3) is 0 Å². The summed E-state index contributed by atoms with van der Waals surface area (Å²) in [6.45, 7) is 4.15. The smallest absolute Gasteiger partial charge is 0.0169 e. The maximum Gasteiger partial charge on any atom is -0.0169 e. The molecule has 0 spiro atoms. The fourth-order valence-corrected chi connectivity index (χ4v) is 2.47. The van der Waals surface area contributed by atoms with Crippen LogP contribution in [-0.2, 0) is 0 Å². The third kappa shape index (κ3) is 1.63. The number of hydrogen-bond donors (Lipinski definition) is 0. The van der Waals surface area contributed by atoms with Crippen LogP contribution in [0.15, 0.2) is 23.8 Å². The second-order valence-corrected chi connectivity index (χ2v) is 4.21. The second kappa shape index (κ2) is 3.47. The van der Waals surface area contributed by atoms with Gasteiger partial charge in [-0.25, -0.2) is 0 Å². The molecule has 0 N–H and O–H groups in total. The van der Waals surface area contributed by atoms with Gasteiger partial charge in [-0.3, -0.25) is 0 Å². The Morgan fingerprint density at radius 1 is 1.33 bits per heavy atom. The largest absolute Gasteiger partial charge is 0.0996 e. The molecule has 0 nitrogen and oxygen atoms in total. The van der Waals surface area contributed by atoms with E-state index in [2.05, 4.69) is 12.7 Å². The van der Waals surface area contributed by atoms with Gasteiger partial charge in [0.05, 0.1) is 0 Å². The van der Waals surface area contributed by atoms with Crippen LogP contribution in [0.2, 0.25) is 0 Å². The molecule has 2 aliphatic carbocycles. The van der Waals surface area contributed by atoms with Gasteiger partial charge in [0.2, 0.25) is 0 Å². The fourth-order valence-electron chi connectivity index (χ4n) is 2.47. The molecule has 0 aromatic heterocycles.